The van der Waals surface area contributed by atoms with Crippen molar-refractivity contribution >= 4 is 17.5 Å². The molecule has 0 aromatic heterocycles. The molecule has 0 bridgehead atoms. The van der Waals surface area contributed by atoms with Crippen molar-refractivity contribution in [1.82, 2.24) is 5.32 Å². The molecule has 23 heavy (non-hydrogen) atoms. The Balaban J connectivity index is 2.45. The van der Waals surface area contributed by atoms with Crippen LogP contribution in [-0.4, -0.2) is 37.6 Å². The minimum Gasteiger partial charge on any atom is -0.382 e. The van der Waals surface area contributed by atoms with Gasteiger partial charge < -0.3 is 21.1 Å². The Morgan fingerprint density at radius 2 is 2.13 bits per heavy atom. The van der Waals surface area contributed by atoms with E-state index >= 15 is 0 Å². The minimum atomic E-state index is -0.159. The zero-order valence-corrected chi connectivity index (χ0v) is 13.9. The Morgan fingerprint density at radius 3 is 2.83 bits per heavy atom. The number of benzene rings is 1. The second-order valence-corrected chi connectivity index (χ2v) is 5.45. The molecule has 1 atom stereocenters. The summed E-state index contributed by atoms with van der Waals surface area (Å²) in [6, 6.07) is 6.89. The van der Waals surface area contributed by atoms with Crippen molar-refractivity contribution in [2.45, 2.75) is 39.2 Å². The number of rotatable bonds is 10. The molecule has 1 rings (SSSR count). The first-order chi connectivity index (χ1) is 11.0. The average molecular weight is 321 g/mol. The van der Waals surface area contributed by atoms with Gasteiger partial charge in [-0.3, -0.25) is 9.59 Å². The first-order valence-electron chi connectivity index (χ1n) is 8.04. The first-order valence-corrected chi connectivity index (χ1v) is 8.04. The summed E-state index contributed by atoms with van der Waals surface area (Å²) >= 11 is 0. The SMILES string of the molecule is CCOCCCNC(=O)c1cccc(NC(=O)CCC(C)N)c1. The topological polar surface area (TPSA) is 93.5 Å². The number of amides is 2. The minimum absolute atomic E-state index is 0.00505. The van der Waals surface area contributed by atoms with Crippen LogP contribution in [0.4, 0.5) is 5.69 Å². The molecule has 1 aromatic carbocycles. The predicted octanol–water partition coefficient (Wildman–Crippen LogP) is 1.91. The number of hydrogen-bond donors (Lipinski definition) is 3. The lowest BCUT2D eigenvalue weighted by atomic mass is 10.1. The highest BCUT2D eigenvalue weighted by atomic mass is 16.5. The Labute approximate surface area is 137 Å². The summed E-state index contributed by atoms with van der Waals surface area (Å²) in [5.41, 5.74) is 6.77. The van der Waals surface area contributed by atoms with Crippen LogP contribution in [0.15, 0.2) is 24.3 Å². The van der Waals surface area contributed by atoms with Gasteiger partial charge in [-0.15, -0.1) is 0 Å². The van der Waals surface area contributed by atoms with E-state index in [4.69, 9.17) is 10.5 Å². The van der Waals surface area contributed by atoms with E-state index in [0.717, 1.165) is 6.42 Å². The number of ether oxygens (including phenoxy) is 1. The van der Waals surface area contributed by atoms with Crippen LogP contribution in [0.2, 0.25) is 0 Å². The molecule has 0 aliphatic rings. The molecule has 0 saturated carbocycles. The highest BCUT2D eigenvalue weighted by Crippen LogP contribution is 2.11. The summed E-state index contributed by atoms with van der Waals surface area (Å²) in [7, 11) is 0. The lowest BCUT2D eigenvalue weighted by Gasteiger charge is -2.09. The first kappa shape index (κ1) is 19.1. The van der Waals surface area contributed by atoms with Crippen LogP contribution in [0, 0.1) is 0 Å². The number of carbonyl (C=O) groups excluding carboxylic acids is 2. The summed E-state index contributed by atoms with van der Waals surface area (Å²) in [5, 5.41) is 5.61. The van der Waals surface area contributed by atoms with Gasteiger partial charge in [0.1, 0.15) is 0 Å². The molecule has 0 radical (unpaired) electrons. The van der Waals surface area contributed by atoms with Crippen molar-refractivity contribution in [3.63, 3.8) is 0 Å². The molecular weight excluding hydrogens is 294 g/mol. The lowest BCUT2D eigenvalue weighted by molar-refractivity contribution is -0.116. The van der Waals surface area contributed by atoms with Crippen LogP contribution >= 0.6 is 0 Å². The van der Waals surface area contributed by atoms with Gasteiger partial charge in [-0.2, -0.15) is 0 Å². The van der Waals surface area contributed by atoms with Crippen LogP contribution in [0.1, 0.15) is 43.5 Å². The van der Waals surface area contributed by atoms with Crippen molar-refractivity contribution in [2.24, 2.45) is 5.73 Å². The van der Waals surface area contributed by atoms with Crippen LogP contribution in [0.3, 0.4) is 0 Å². The zero-order chi connectivity index (χ0) is 17.1. The fraction of sp³-hybridized carbons (Fsp3) is 0.529. The molecule has 0 aliphatic carbocycles. The lowest BCUT2D eigenvalue weighted by Crippen LogP contribution is -2.25. The number of nitrogens with one attached hydrogen (secondary N) is 2. The quantitative estimate of drug-likeness (QED) is 0.574. The Bertz CT molecular complexity index is 504. The Hall–Kier alpha value is -1.92. The fourth-order valence-corrected chi connectivity index (χ4v) is 1.94. The van der Waals surface area contributed by atoms with E-state index in [2.05, 4.69) is 10.6 Å². The van der Waals surface area contributed by atoms with Gasteiger partial charge in [-0.1, -0.05) is 6.07 Å². The third-order valence-corrected chi connectivity index (χ3v) is 3.19. The molecule has 0 saturated heterocycles. The molecule has 2 amide bonds. The van der Waals surface area contributed by atoms with Gasteiger partial charge in [0.25, 0.3) is 5.91 Å². The van der Waals surface area contributed by atoms with Crippen molar-refractivity contribution in [3.05, 3.63) is 29.8 Å². The number of hydrogen-bond acceptors (Lipinski definition) is 4. The summed E-state index contributed by atoms with van der Waals surface area (Å²) in [4.78, 5) is 23.8. The second kappa shape index (κ2) is 10.7. The van der Waals surface area contributed by atoms with E-state index < -0.39 is 0 Å². The van der Waals surface area contributed by atoms with Gasteiger partial charge >= 0.3 is 0 Å². The maximum absolute atomic E-state index is 12.0. The van der Waals surface area contributed by atoms with Gasteiger partial charge in [0.15, 0.2) is 0 Å². The summed E-state index contributed by atoms with van der Waals surface area (Å²) < 4.78 is 5.22. The zero-order valence-electron chi connectivity index (χ0n) is 13.9. The molecule has 0 heterocycles. The molecule has 128 valence electrons. The van der Waals surface area contributed by atoms with Crippen LogP contribution in [0.5, 0.6) is 0 Å². The molecule has 4 N–H and O–H groups in total. The molecule has 1 aromatic rings. The van der Waals surface area contributed by atoms with E-state index in [-0.39, 0.29) is 17.9 Å². The number of carbonyl (C=O) groups is 2. The highest BCUT2D eigenvalue weighted by Gasteiger charge is 2.08. The van der Waals surface area contributed by atoms with Crippen LogP contribution in [-0.2, 0) is 9.53 Å². The summed E-state index contributed by atoms with van der Waals surface area (Å²) in [6.07, 6.45) is 1.77. The molecule has 0 fully saturated rings. The van der Waals surface area contributed by atoms with Gasteiger partial charge in [-0.25, -0.2) is 0 Å². The Morgan fingerprint density at radius 1 is 1.35 bits per heavy atom. The average Bonchev–Trinajstić information content (AvgIpc) is 2.53. The fourth-order valence-electron chi connectivity index (χ4n) is 1.94. The second-order valence-electron chi connectivity index (χ2n) is 5.45. The van der Waals surface area contributed by atoms with E-state index in [1.165, 1.54) is 0 Å². The van der Waals surface area contributed by atoms with Gasteiger partial charge in [0.05, 0.1) is 0 Å². The third-order valence-electron chi connectivity index (χ3n) is 3.19. The van der Waals surface area contributed by atoms with Gasteiger partial charge in [0.2, 0.25) is 5.91 Å². The maximum atomic E-state index is 12.0. The van der Waals surface area contributed by atoms with Crippen LogP contribution < -0.4 is 16.4 Å². The molecule has 0 spiro atoms. The standard InChI is InChI=1S/C17H27N3O3/c1-3-23-11-5-10-19-17(22)14-6-4-7-15(12-14)20-16(21)9-8-13(2)18/h4,6-7,12-13H,3,5,8-11,18H2,1-2H3,(H,19,22)(H,20,21). The molecular formula is C17H27N3O3. The van der Waals surface area contributed by atoms with Crippen molar-refractivity contribution in [1.29, 1.82) is 0 Å². The predicted molar refractivity (Wildman–Crippen MR) is 91.4 cm³/mol. The largest absolute Gasteiger partial charge is 0.382 e. The van der Waals surface area contributed by atoms with E-state index in [9.17, 15) is 9.59 Å². The maximum Gasteiger partial charge on any atom is 0.251 e. The number of anilines is 1. The number of nitrogens with two attached hydrogens (primary N) is 1. The molecule has 6 heteroatoms. The van der Waals surface area contributed by atoms with E-state index in [1.807, 2.05) is 13.8 Å². The van der Waals surface area contributed by atoms with Crippen molar-refractivity contribution < 1.29 is 14.3 Å². The van der Waals surface area contributed by atoms with Gasteiger partial charge in [-0.05, 0) is 44.9 Å². The Kier molecular flexibility index (Phi) is 8.94. The molecule has 1 unspecified atom stereocenters. The van der Waals surface area contributed by atoms with E-state index in [1.54, 1.807) is 24.3 Å². The van der Waals surface area contributed by atoms with Crippen molar-refractivity contribution in [3.8, 4) is 0 Å². The monoisotopic (exact) mass is 321 g/mol. The van der Waals surface area contributed by atoms with Crippen LogP contribution in [0.25, 0.3) is 0 Å². The summed E-state index contributed by atoms with van der Waals surface area (Å²) in [5.74, 6) is -0.259. The smallest absolute Gasteiger partial charge is 0.251 e. The highest BCUT2D eigenvalue weighted by molar-refractivity contribution is 5.97. The molecule has 6 nitrogen and oxygen atoms in total. The third kappa shape index (κ3) is 8.32. The van der Waals surface area contributed by atoms with Crippen molar-refractivity contribution in [2.75, 3.05) is 25.1 Å². The molecule has 0 aliphatic heterocycles. The van der Waals surface area contributed by atoms with E-state index in [0.29, 0.717) is 43.9 Å². The normalized spacial score (nSPS) is 11.8. The summed E-state index contributed by atoms with van der Waals surface area (Å²) in [6.45, 7) is 5.67. The van der Waals surface area contributed by atoms with Gasteiger partial charge in [0, 0.05) is 43.5 Å².